The summed E-state index contributed by atoms with van der Waals surface area (Å²) in [5, 5.41) is 3.54. The van der Waals surface area contributed by atoms with Gasteiger partial charge in [0.25, 0.3) is 0 Å². The number of hydrogen-bond acceptors (Lipinski definition) is 5. The number of rotatable bonds is 6. The van der Waals surface area contributed by atoms with E-state index < -0.39 is 6.10 Å². The number of amides is 1. The first kappa shape index (κ1) is 22.3. The Kier molecular flexibility index (Phi) is 6.29. The number of benzene rings is 3. The number of Topliss-reactive ketones (excluding diaryl/α,β-unsaturated/α-hetero) is 1. The molecule has 0 aliphatic rings. The number of ether oxygens (including phenoxy) is 1. The number of para-hydroxylation sites is 1. The Hall–Kier alpha value is -3.90. The minimum Gasteiger partial charge on any atom is -0.475 e. The van der Waals surface area contributed by atoms with Crippen molar-refractivity contribution < 1.29 is 18.7 Å². The van der Waals surface area contributed by atoms with Crippen LogP contribution in [0.4, 0.5) is 5.69 Å². The zero-order valence-electron chi connectivity index (χ0n) is 17.9. The third kappa shape index (κ3) is 4.81. The van der Waals surface area contributed by atoms with E-state index in [0.717, 1.165) is 0 Å². The van der Waals surface area contributed by atoms with Crippen LogP contribution in [0.25, 0.3) is 22.3 Å². The van der Waals surface area contributed by atoms with Crippen molar-refractivity contribution in [2.45, 2.75) is 20.0 Å². The fraction of sp³-hybridized carbons (Fsp3) is 0.115. The molecule has 0 saturated heterocycles. The van der Waals surface area contributed by atoms with Gasteiger partial charge in [-0.05, 0) is 67.6 Å². The number of halogens is 1. The lowest BCUT2D eigenvalue weighted by atomic mass is 10.1. The van der Waals surface area contributed by atoms with E-state index in [-0.39, 0.29) is 28.6 Å². The number of carbonyl (C=O) groups is 2. The van der Waals surface area contributed by atoms with Crippen LogP contribution in [0, 0.1) is 0 Å². The van der Waals surface area contributed by atoms with Crippen LogP contribution in [0.2, 0.25) is 5.02 Å². The number of ketones is 1. The molecule has 3 aromatic carbocycles. The van der Waals surface area contributed by atoms with Crippen LogP contribution in [0.3, 0.4) is 0 Å². The van der Waals surface area contributed by atoms with Gasteiger partial charge in [0.15, 0.2) is 11.9 Å². The lowest BCUT2D eigenvalue weighted by Gasteiger charge is -2.16. The number of fused-ring (bicyclic) bond motifs is 1. The Balaban J connectivity index is 1.71. The summed E-state index contributed by atoms with van der Waals surface area (Å²) in [5.41, 5.74) is 1.59. The molecule has 1 heterocycles. The van der Waals surface area contributed by atoms with E-state index in [1.807, 2.05) is 0 Å². The Morgan fingerprint density at radius 1 is 0.970 bits per heavy atom. The molecule has 4 aromatic rings. The quantitative estimate of drug-likeness (QED) is 0.371. The highest BCUT2D eigenvalue weighted by Gasteiger charge is 2.24. The minimum absolute atomic E-state index is 0.0493. The van der Waals surface area contributed by atoms with E-state index in [1.54, 1.807) is 79.7 Å². The molecule has 0 aliphatic carbocycles. The standard InChI is InChI=1S/C26H20ClNO5/c1-15(23(30)17-9-13-20(14-10-17)28-16(2)29)32-26-24(31)21-5-3-4-6-22(21)33-25(26)18-7-11-19(27)12-8-18/h3-15H,1-2H3,(H,28,29). The molecule has 0 saturated carbocycles. The first-order valence-electron chi connectivity index (χ1n) is 10.2. The maximum atomic E-state index is 13.3. The summed E-state index contributed by atoms with van der Waals surface area (Å²) in [7, 11) is 0. The molecule has 0 bridgehead atoms. The summed E-state index contributed by atoms with van der Waals surface area (Å²) in [6, 6.07) is 20.1. The average molecular weight is 462 g/mol. The van der Waals surface area contributed by atoms with Gasteiger partial charge in [-0.15, -0.1) is 0 Å². The molecule has 33 heavy (non-hydrogen) atoms. The topological polar surface area (TPSA) is 85.6 Å². The van der Waals surface area contributed by atoms with Gasteiger partial charge in [0.1, 0.15) is 5.58 Å². The SMILES string of the molecule is CC(=O)Nc1ccc(C(=O)C(C)Oc2c(-c3ccc(Cl)cc3)oc3ccccc3c2=O)cc1. The molecule has 1 atom stereocenters. The monoisotopic (exact) mass is 461 g/mol. The maximum absolute atomic E-state index is 13.3. The van der Waals surface area contributed by atoms with E-state index in [4.69, 9.17) is 20.8 Å². The van der Waals surface area contributed by atoms with Crippen molar-refractivity contribution in [1.82, 2.24) is 0 Å². The molecule has 1 amide bonds. The number of nitrogens with one attached hydrogen (secondary N) is 1. The summed E-state index contributed by atoms with van der Waals surface area (Å²) in [6.07, 6.45) is -0.966. The van der Waals surface area contributed by atoms with Crippen LogP contribution in [-0.4, -0.2) is 17.8 Å². The predicted molar refractivity (Wildman–Crippen MR) is 128 cm³/mol. The van der Waals surface area contributed by atoms with Gasteiger partial charge >= 0.3 is 0 Å². The first-order valence-corrected chi connectivity index (χ1v) is 10.6. The van der Waals surface area contributed by atoms with Crippen molar-refractivity contribution in [2.75, 3.05) is 5.32 Å². The van der Waals surface area contributed by atoms with E-state index >= 15 is 0 Å². The second-order valence-electron chi connectivity index (χ2n) is 7.48. The predicted octanol–water partition coefficient (Wildman–Crippen LogP) is 5.72. The smallest absolute Gasteiger partial charge is 0.235 e. The highest BCUT2D eigenvalue weighted by atomic mass is 35.5. The van der Waals surface area contributed by atoms with Gasteiger partial charge in [-0.25, -0.2) is 0 Å². The minimum atomic E-state index is -0.966. The Morgan fingerprint density at radius 3 is 2.30 bits per heavy atom. The summed E-state index contributed by atoms with van der Waals surface area (Å²) in [5.74, 6) is -0.356. The zero-order valence-corrected chi connectivity index (χ0v) is 18.7. The highest BCUT2D eigenvalue weighted by molar-refractivity contribution is 6.30. The van der Waals surface area contributed by atoms with E-state index in [9.17, 15) is 14.4 Å². The fourth-order valence-electron chi connectivity index (χ4n) is 3.41. The zero-order chi connectivity index (χ0) is 23.5. The van der Waals surface area contributed by atoms with Crippen molar-refractivity contribution in [3.8, 4) is 17.1 Å². The summed E-state index contributed by atoms with van der Waals surface area (Å²) < 4.78 is 11.9. The molecule has 1 aromatic heterocycles. The summed E-state index contributed by atoms with van der Waals surface area (Å²) >= 11 is 6.01. The van der Waals surface area contributed by atoms with Crippen LogP contribution in [0.1, 0.15) is 24.2 Å². The first-order chi connectivity index (χ1) is 15.8. The normalized spacial score (nSPS) is 11.7. The molecule has 0 spiro atoms. The third-order valence-corrected chi connectivity index (χ3v) is 5.27. The summed E-state index contributed by atoms with van der Waals surface area (Å²) in [4.78, 5) is 37.4. The highest BCUT2D eigenvalue weighted by Crippen LogP contribution is 2.32. The van der Waals surface area contributed by atoms with Crippen molar-refractivity contribution in [2.24, 2.45) is 0 Å². The van der Waals surface area contributed by atoms with Crippen LogP contribution in [0.15, 0.2) is 82.0 Å². The lowest BCUT2D eigenvalue weighted by molar-refractivity contribution is -0.114. The molecule has 0 aliphatic heterocycles. The van der Waals surface area contributed by atoms with Crippen molar-refractivity contribution >= 4 is 39.9 Å². The van der Waals surface area contributed by atoms with Crippen molar-refractivity contribution in [1.29, 1.82) is 0 Å². The van der Waals surface area contributed by atoms with Crippen LogP contribution >= 0.6 is 11.6 Å². The van der Waals surface area contributed by atoms with Crippen LogP contribution < -0.4 is 15.5 Å². The molecule has 166 valence electrons. The maximum Gasteiger partial charge on any atom is 0.235 e. The van der Waals surface area contributed by atoms with E-state index in [2.05, 4.69) is 5.32 Å². The Bertz CT molecular complexity index is 1390. The lowest BCUT2D eigenvalue weighted by Crippen LogP contribution is -2.26. The van der Waals surface area contributed by atoms with Crippen molar-refractivity contribution in [3.63, 3.8) is 0 Å². The van der Waals surface area contributed by atoms with E-state index in [0.29, 0.717) is 32.8 Å². The number of anilines is 1. The summed E-state index contributed by atoms with van der Waals surface area (Å²) in [6.45, 7) is 2.98. The largest absolute Gasteiger partial charge is 0.475 e. The number of carbonyl (C=O) groups excluding carboxylic acids is 2. The Morgan fingerprint density at radius 2 is 1.64 bits per heavy atom. The molecule has 0 radical (unpaired) electrons. The molecule has 6 nitrogen and oxygen atoms in total. The van der Waals surface area contributed by atoms with Gasteiger partial charge < -0.3 is 14.5 Å². The Labute approximate surface area is 194 Å². The van der Waals surface area contributed by atoms with Crippen LogP contribution in [-0.2, 0) is 4.79 Å². The van der Waals surface area contributed by atoms with Gasteiger partial charge in [-0.1, -0.05) is 23.7 Å². The molecule has 0 fully saturated rings. The van der Waals surface area contributed by atoms with Gasteiger partial charge in [0, 0.05) is 28.8 Å². The second-order valence-corrected chi connectivity index (χ2v) is 7.91. The van der Waals surface area contributed by atoms with Crippen LogP contribution in [0.5, 0.6) is 5.75 Å². The molecule has 1 N–H and O–H groups in total. The number of hydrogen-bond donors (Lipinski definition) is 1. The van der Waals surface area contributed by atoms with Gasteiger partial charge in [-0.2, -0.15) is 0 Å². The average Bonchev–Trinajstić information content (AvgIpc) is 2.81. The second kappa shape index (κ2) is 9.30. The van der Waals surface area contributed by atoms with E-state index in [1.165, 1.54) is 6.92 Å². The van der Waals surface area contributed by atoms with Crippen molar-refractivity contribution in [3.05, 3.63) is 93.6 Å². The van der Waals surface area contributed by atoms with Gasteiger partial charge in [0.2, 0.25) is 22.9 Å². The van der Waals surface area contributed by atoms with Gasteiger partial charge in [0.05, 0.1) is 5.39 Å². The molecular weight excluding hydrogens is 442 g/mol. The molecule has 4 rings (SSSR count). The third-order valence-electron chi connectivity index (χ3n) is 5.02. The molecular formula is C26H20ClNO5. The molecule has 7 heteroatoms. The van der Waals surface area contributed by atoms with Gasteiger partial charge in [-0.3, -0.25) is 14.4 Å². The fourth-order valence-corrected chi connectivity index (χ4v) is 3.54. The molecule has 1 unspecified atom stereocenters.